The summed E-state index contributed by atoms with van der Waals surface area (Å²) >= 11 is 6.00. The SMILES string of the molecule is CCOc1cc(S(=O)(=O)NCCc2ccc(OC)c(OC)c2)ccc1Cl. The van der Waals surface area contributed by atoms with Gasteiger partial charge in [-0.1, -0.05) is 17.7 Å². The van der Waals surface area contributed by atoms with Crippen LogP contribution in [0.2, 0.25) is 5.02 Å². The second kappa shape index (κ2) is 9.12. The molecular formula is C18H22ClNO5S. The Bertz CT molecular complexity index is 855. The van der Waals surface area contributed by atoms with Gasteiger partial charge in [0.15, 0.2) is 11.5 Å². The van der Waals surface area contributed by atoms with E-state index in [2.05, 4.69) is 4.72 Å². The minimum atomic E-state index is -3.66. The molecule has 0 aromatic heterocycles. The molecule has 0 atom stereocenters. The summed E-state index contributed by atoms with van der Waals surface area (Å²) in [6, 6.07) is 9.85. The highest BCUT2D eigenvalue weighted by Crippen LogP contribution is 2.28. The molecule has 0 amide bonds. The van der Waals surface area contributed by atoms with Crippen molar-refractivity contribution < 1.29 is 22.6 Å². The molecular weight excluding hydrogens is 378 g/mol. The normalized spacial score (nSPS) is 11.2. The van der Waals surface area contributed by atoms with E-state index in [1.165, 1.54) is 18.2 Å². The second-order valence-corrected chi connectivity index (χ2v) is 7.54. The van der Waals surface area contributed by atoms with Gasteiger partial charge in [-0.05, 0) is 43.2 Å². The Labute approximate surface area is 159 Å². The Morgan fingerprint density at radius 2 is 1.73 bits per heavy atom. The van der Waals surface area contributed by atoms with E-state index in [9.17, 15) is 8.42 Å². The van der Waals surface area contributed by atoms with Gasteiger partial charge in [-0.25, -0.2) is 13.1 Å². The Morgan fingerprint density at radius 3 is 2.38 bits per heavy atom. The molecule has 0 aliphatic heterocycles. The van der Waals surface area contributed by atoms with E-state index >= 15 is 0 Å². The maximum Gasteiger partial charge on any atom is 0.240 e. The van der Waals surface area contributed by atoms with Crippen LogP contribution >= 0.6 is 11.6 Å². The third-order valence-corrected chi connectivity index (χ3v) is 5.44. The number of hydrogen-bond donors (Lipinski definition) is 1. The minimum absolute atomic E-state index is 0.109. The van der Waals surface area contributed by atoms with Gasteiger partial charge in [-0.3, -0.25) is 0 Å². The zero-order valence-corrected chi connectivity index (χ0v) is 16.5. The topological polar surface area (TPSA) is 73.9 Å². The van der Waals surface area contributed by atoms with Crippen LogP contribution in [0.15, 0.2) is 41.3 Å². The zero-order valence-electron chi connectivity index (χ0n) is 14.9. The summed E-state index contributed by atoms with van der Waals surface area (Å²) in [5, 5.41) is 0.371. The van der Waals surface area contributed by atoms with Crippen molar-refractivity contribution in [3.8, 4) is 17.2 Å². The molecule has 8 heteroatoms. The molecule has 0 aliphatic rings. The molecule has 2 rings (SSSR count). The summed E-state index contributed by atoms with van der Waals surface area (Å²) in [6.45, 7) is 2.44. The van der Waals surface area contributed by atoms with Crippen molar-refractivity contribution in [3.63, 3.8) is 0 Å². The van der Waals surface area contributed by atoms with Crippen LogP contribution in [0.25, 0.3) is 0 Å². The molecule has 0 spiro atoms. The monoisotopic (exact) mass is 399 g/mol. The first kappa shape index (κ1) is 20.4. The van der Waals surface area contributed by atoms with Gasteiger partial charge in [0.2, 0.25) is 10.0 Å². The lowest BCUT2D eigenvalue weighted by Gasteiger charge is -2.11. The molecule has 0 fully saturated rings. The third-order valence-electron chi connectivity index (χ3n) is 3.67. The first-order valence-corrected chi connectivity index (χ1v) is 9.90. The molecule has 0 saturated heterocycles. The number of hydrogen-bond acceptors (Lipinski definition) is 5. The van der Waals surface area contributed by atoms with Crippen LogP contribution in [0.4, 0.5) is 0 Å². The van der Waals surface area contributed by atoms with Crippen molar-refractivity contribution in [2.45, 2.75) is 18.2 Å². The molecule has 0 radical (unpaired) electrons. The first-order chi connectivity index (χ1) is 12.4. The van der Waals surface area contributed by atoms with Crippen LogP contribution in [0, 0.1) is 0 Å². The predicted molar refractivity (Wildman–Crippen MR) is 101 cm³/mol. The molecule has 0 unspecified atom stereocenters. The van der Waals surface area contributed by atoms with E-state index in [1.54, 1.807) is 27.2 Å². The fraction of sp³-hybridized carbons (Fsp3) is 0.333. The highest BCUT2D eigenvalue weighted by atomic mass is 35.5. The van der Waals surface area contributed by atoms with E-state index < -0.39 is 10.0 Å². The summed E-state index contributed by atoms with van der Waals surface area (Å²) in [5.41, 5.74) is 0.927. The average Bonchev–Trinajstić information content (AvgIpc) is 2.63. The van der Waals surface area contributed by atoms with E-state index in [1.807, 2.05) is 12.1 Å². The molecule has 2 aromatic rings. The molecule has 1 N–H and O–H groups in total. The fourth-order valence-electron chi connectivity index (χ4n) is 2.37. The van der Waals surface area contributed by atoms with Crippen LogP contribution in [-0.4, -0.2) is 35.8 Å². The van der Waals surface area contributed by atoms with Crippen molar-refractivity contribution in [3.05, 3.63) is 47.0 Å². The van der Waals surface area contributed by atoms with Crippen molar-refractivity contribution in [2.75, 3.05) is 27.4 Å². The fourth-order valence-corrected chi connectivity index (χ4v) is 3.59. The summed E-state index contributed by atoms with van der Waals surface area (Å²) < 4.78 is 43.3. The van der Waals surface area contributed by atoms with Gasteiger partial charge >= 0.3 is 0 Å². The van der Waals surface area contributed by atoms with Crippen molar-refractivity contribution >= 4 is 21.6 Å². The average molecular weight is 400 g/mol. The predicted octanol–water partition coefficient (Wildman–Crippen LogP) is 3.28. The molecule has 0 aliphatic carbocycles. The first-order valence-electron chi connectivity index (χ1n) is 8.04. The van der Waals surface area contributed by atoms with Crippen LogP contribution in [0.1, 0.15) is 12.5 Å². The lowest BCUT2D eigenvalue weighted by atomic mass is 10.1. The Hall–Kier alpha value is -1.96. The number of methoxy groups -OCH3 is 2. The lowest BCUT2D eigenvalue weighted by Crippen LogP contribution is -2.26. The minimum Gasteiger partial charge on any atom is -0.493 e. The summed E-state index contributed by atoms with van der Waals surface area (Å²) in [5.74, 6) is 1.57. The number of ether oxygens (including phenoxy) is 3. The number of rotatable bonds is 9. The van der Waals surface area contributed by atoms with Gasteiger partial charge in [-0.2, -0.15) is 0 Å². The van der Waals surface area contributed by atoms with Gasteiger partial charge in [0.1, 0.15) is 5.75 Å². The maximum atomic E-state index is 12.5. The van der Waals surface area contributed by atoms with Gasteiger partial charge in [0, 0.05) is 12.6 Å². The van der Waals surface area contributed by atoms with Gasteiger partial charge in [0.05, 0.1) is 30.7 Å². The second-order valence-electron chi connectivity index (χ2n) is 5.36. The van der Waals surface area contributed by atoms with Crippen LogP contribution in [0.5, 0.6) is 17.2 Å². The van der Waals surface area contributed by atoms with Crippen molar-refractivity contribution in [1.29, 1.82) is 0 Å². The largest absolute Gasteiger partial charge is 0.493 e. The van der Waals surface area contributed by atoms with Crippen LogP contribution in [0.3, 0.4) is 0 Å². The molecule has 142 valence electrons. The third kappa shape index (κ3) is 5.03. The molecule has 0 bridgehead atoms. The van der Waals surface area contributed by atoms with E-state index in [0.717, 1.165) is 5.56 Å². The number of halogens is 1. The van der Waals surface area contributed by atoms with Gasteiger partial charge < -0.3 is 14.2 Å². The summed E-state index contributed by atoms with van der Waals surface area (Å²) in [4.78, 5) is 0.109. The standard InChI is InChI=1S/C18H22ClNO5S/c1-4-25-17-12-14(6-7-15(17)19)26(21,22)20-10-9-13-5-8-16(23-2)18(11-13)24-3/h5-8,11-12,20H,4,9-10H2,1-3H3. The van der Waals surface area contributed by atoms with E-state index in [4.69, 9.17) is 25.8 Å². The number of nitrogens with one attached hydrogen (secondary N) is 1. The molecule has 6 nitrogen and oxygen atoms in total. The number of benzene rings is 2. The quantitative estimate of drug-likeness (QED) is 0.700. The summed E-state index contributed by atoms with van der Waals surface area (Å²) in [7, 11) is -0.541. The Morgan fingerprint density at radius 1 is 1.00 bits per heavy atom. The summed E-state index contributed by atoms with van der Waals surface area (Å²) in [6.07, 6.45) is 0.505. The van der Waals surface area contributed by atoms with E-state index in [-0.39, 0.29) is 11.4 Å². The van der Waals surface area contributed by atoms with Crippen LogP contribution in [-0.2, 0) is 16.4 Å². The highest BCUT2D eigenvalue weighted by Gasteiger charge is 2.16. The lowest BCUT2D eigenvalue weighted by molar-refractivity contribution is 0.339. The van der Waals surface area contributed by atoms with Gasteiger partial charge in [0.25, 0.3) is 0 Å². The maximum absolute atomic E-state index is 12.5. The van der Waals surface area contributed by atoms with Gasteiger partial charge in [-0.15, -0.1) is 0 Å². The molecule has 2 aromatic carbocycles. The molecule has 0 heterocycles. The van der Waals surface area contributed by atoms with Crippen LogP contribution < -0.4 is 18.9 Å². The van der Waals surface area contributed by atoms with E-state index in [0.29, 0.717) is 35.3 Å². The smallest absolute Gasteiger partial charge is 0.240 e. The Balaban J connectivity index is 2.05. The van der Waals surface area contributed by atoms with Crippen molar-refractivity contribution in [2.24, 2.45) is 0 Å². The number of sulfonamides is 1. The zero-order chi connectivity index (χ0) is 19.2. The Kier molecular flexibility index (Phi) is 7.14. The molecule has 26 heavy (non-hydrogen) atoms. The molecule has 0 saturated carbocycles. The van der Waals surface area contributed by atoms with Crippen molar-refractivity contribution in [1.82, 2.24) is 4.72 Å². The highest BCUT2D eigenvalue weighted by molar-refractivity contribution is 7.89.